The van der Waals surface area contributed by atoms with Crippen molar-refractivity contribution in [3.63, 3.8) is 0 Å². The van der Waals surface area contributed by atoms with Crippen molar-refractivity contribution >= 4 is 33.6 Å². The summed E-state index contributed by atoms with van der Waals surface area (Å²) in [6.45, 7) is 1.90. The lowest BCUT2D eigenvalue weighted by Gasteiger charge is -2.27. The minimum absolute atomic E-state index is 0.124. The molecule has 1 aromatic rings. The van der Waals surface area contributed by atoms with Gasteiger partial charge in [-0.2, -0.15) is 0 Å². The summed E-state index contributed by atoms with van der Waals surface area (Å²) in [6.07, 6.45) is 2.36. The largest absolute Gasteiger partial charge is 0.274 e. The Labute approximate surface area is 102 Å². The molecule has 0 aliphatic carbocycles. The molecule has 1 aromatic heterocycles. The monoisotopic (exact) mass is 282 g/mol. The van der Waals surface area contributed by atoms with Crippen molar-refractivity contribution < 1.29 is 9.59 Å². The average molecular weight is 283 g/mol. The molecule has 0 spiro atoms. The number of imide groups is 1. The van der Waals surface area contributed by atoms with Gasteiger partial charge in [0, 0.05) is 19.0 Å². The Kier molecular flexibility index (Phi) is 3.05. The van der Waals surface area contributed by atoms with Gasteiger partial charge >= 0.3 is 0 Å². The summed E-state index contributed by atoms with van der Waals surface area (Å²) in [5.74, 6) is 0.162. The molecule has 1 aliphatic rings. The standard InChI is InChI=1S/C11H11BrN2O2/c1-7-5-9(15)14(10(16)6-7)11-8(12)3-2-4-13-11/h2-4,7H,5-6H2,1H3. The molecule has 5 heteroatoms. The number of carbonyl (C=O) groups is 2. The quantitative estimate of drug-likeness (QED) is 0.742. The van der Waals surface area contributed by atoms with E-state index in [1.165, 1.54) is 4.90 Å². The summed E-state index contributed by atoms with van der Waals surface area (Å²) in [6, 6.07) is 3.51. The Balaban J connectivity index is 2.37. The first-order valence-corrected chi connectivity index (χ1v) is 5.85. The van der Waals surface area contributed by atoms with E-state index in [1.807, 2.05) is 6.92 Å². The third kappa shape index (κ3) is 2.00. The van der Waals surface area contributed by atoms with Crippen molar-refractivity contribution in [2.75, 3.05) is 4.90 Å². The van der Waals surface area contributed by atoms with E-state index >= 15 is 0 Å². The minimum Gasteiger partial charge on any atom is -0.274 e. The van der Waals surface area contributed by atoms with Crippen molar-refractivity contribution in [1.82, 2.24) is 4.98 Å². The van der Waals surface area contributed by atoms with Crippen LogP contribution in [-0.4, -0.2) is 16.8 Å². The van der Waals surface area contributed by atoms with Crippen LogP contribution in [0.4, 0.5) is 5.82 Å². The van der Waals surface area contributed by atoms with E-state index in [2.05, 4.69) is 20.9 Å². The van der Waals surface area contributed by atoms with E-state index in [-0.39, 0.29) is 17.7 Å². The zero-order valence-corrected chi connectivity index (χ0v) is 10.4. The minimum atomic E-state index is -0.178. The number of amides is 2. The number of aromatic nitrogens is 1. The van der Waals surface area contributed by atoms with Gasteiger partial charge in [-0.3, -0.25) is 9.59 Å². The van der Waals surface area contributed by atoms with Crippen LogP contribution >= 0.6 is 15.9 Å². The van der Waals surface area contributed by atoms with Gasteiger partial charge in [0.05, 0.1) is 4.47 Å². The Bertz CT molecular complexity index is 429. The van der Waals surface area contributed by atoms with Crippen LogP contribution in [-0.2, 0) is 9.59 Å². The highest BCUT2D eigenvalue weighted by molar-refractivity contribution is 9.10. The van der Waals surface area contributed by atoms with Gasteiger partial charge in [0.1, 0.15) is 0 Å². The zero-order chi connectivity index (χ0) is 11.7. The highest BCUT2D eigenvalue weighted by Crippen LogP contribution is 2.28. The van der Waals surface area contributed by atoms with E-state index in [1.54, 1.807) is 18.3 Å². The van der Waals surface area contributed by atoms with Crippen LogP contribution in [0, 0.1) is 5.92 Å². The van der Waals surface area contributed by atoms with Crippen LogP contribution < -0.4 is 4.90 Å². The summed E-state index contributed by atoms with van der Waals surface area (Å²) < 4.78 is 0.659. The molecule has 1 aliphatic heterocycles. The molecular formula is C11H11BrN2O2. The number of anilines is 1. The second-order valence-corrected chi connectivity index (χ2v) is 4.80. The number of halogens is 1. The van der Waals surface area contributed by atoms with Gasteiger partial charge in [0.15, 0.2) is 5.82 Å². The molecule has 0 unspecified atom stereocenters. The number of piperidine rings is 1. The second kappa shape index (κ2) is 4.33. The third-order valence-corrected chi connectivity index (χ3v) is 3.11. The molecular weight excluding hydrogens is 272 g/mol. The maximum atomic E-state index is 11.8. The summed E-state index contributed by atoms with van der Waals surface area (Å²) >= 11 is 3.29. The molecule has 0 saturated carbocycles. The van der Waals surface area contributed by atoms with Crippen LogP contribution in [0.5, 0.6) is 0 Å². The van der Waals surface area contributed by atoms with E-state index in [0.29, 0.717) is 23.1 Å². The number of carbonyl (C=O) groups excluding carboxylic acids is 2. The van der Waals surface area contributed by atoms with Gasteiger partial charge < -0.3 is 0 Å². The van der Waals surface area contributed by atoms with Crippen molar-refractivity contribution in [3.05, 3.63) is 22.8 Å². The lowest BCUT2D eigenvalue weighted by molar-refractivity contribution is -0.130. The summed E-state index contributed by atoms with van der Waals surface area (Å²) in [5.41, 5.74) is 0. The third-order valence-electron chi connectivity index (χ3n) is 2.50. The van der Waals surface area contributed by atoms with Crippen molar-refractivity contribution in [3.8, 4) is 0 Å². The normalized spacial score (nSPS) is 18.0. The number of pyridine rings is 1. The van der Waals surface area contributed by atoms with E-state index in [0.717, 1.165) is 0 Å². The SMILES string of the molecule is CC1CC(=O)N(c2ncccc2Br)C(=O)C1. The van der Waals surface area contributed by atoms with Gasteiger partial charge in [-0.1, -0.05) is 6.92 Å². The first kappa shape index (κ1) is 11.3. The number of hydrogen-bond acceptors (Lipinski definition) is 3. The molecule has 2 rings (SSSR count). The number of nitrogens with zero attached hydrogens (tertiary/aromatic N) is 2. The molecule has 2 heterocycles. The van der Waals surface area contributed by atoms with Crippen LogP contribution in [0.15, 0.2) is 22.8 Å². The summed E-state index contributed by atoms with van der Waals surface area (Å²) in [4.78, 5) is 28.9. The van der Waals surface area contributed by atoms with E-state index in [4.69, 9.17) is 0 Å². The Morgan fingerprint density at radius 3 is 2.56 bits per heavy atom. The van der Waals surface area contributed by atoms with E-state index < -0.39 is 0 Å². The van der Waals surface area contributed by atoms with E-state index in [9.17, 15) is 9.59 Å². The maximum absolute atomic E-state index is 11.8. The van der Waals surface area contributed by atoms with Gasteiger partial charge in [0.25, 0.3) is 0 Å². The Morgan fingerprint density at radius 2 is 2.00 bits per heavy atom. The van der Waals surface area contributed by atoms with Crippen LogP contribution in [0.1, 0.15) is 19.8 Å². The fraction of sp³-hybridized carbons (Fsp3) is 0.364. The molecule has 0 N–H and O–H groups in total. The molecule has 0 bridgehead atoms. The predicted molar refractivity (Wildman–Crippen MR) is 62.8 cm³/mol. The number of rotatable bonds is 1. The molecule has 0 atom stereocenters. The highest BCUT2D eigenvalue weighted by atomic mass is 79.9. The molecule has 4 nitrogen and oxygen atoms in total. The molecule has 16 heavy (non-hydrogen) atoms. The molecule has 84 valence electrons. The fourth-order valence-electron chi connectivity index (χ4n) is 1.77. The van der Waals surface area contributed by atoms with Crippen molar-refractivity contribution in [2.45, 2.75) is 19.8 Å². The first-order valence-electron chi connectivity index (χ1n) is 5.06. The smallest absolute Gasteiger partial charge is 0.235 e. The van der Waals surface area contributed by atoms with Crippen LogP contribution in [0.25, 0.3) is 0 Å². The molecule has 2 amide bonds. The topological polar surface area (TPSA) is 50.3 Å². The fourth-order valence-corrected chi connectivity index (χ4v) is 2.20. The molecule has 1 saturated heterocycles. The van der Waals surface area contributed by atoms with Gasteiger partial charge in [-0.05, 0) is 34.0 Å². The molecule has 1 fully saturated rings. The Hall–Kier alpha value is -1.23. The number of hydrogen-bond donors (Lipinski definition) is 0. The summed E-state index contributed by atoms with van der Waals surface area (Å²) in [7, 11) is 0. The van der Waals surface area contributed by atoms with Gasteiger partial charge in [-0.25, -0.2) is 9.88 Å². The molecule has 0 radical (unpaired) electrons. The van der Waals surface area contributed by atoms with Gasteiger partial charge in [-0.15, -0.1) is 0 Å². The lowest BCUT2D eigenvalue weighted by atomic mass is 9.98. The average Bonchev–Trinajstić information content (AvgIpc) is 2.19. The Morgan fingerprint density at radius 1 is 1.38 bits per heavy atom. The second-order valence-electron chi connectivity index (χ2n) is 3.95. The van der Waals surface area contributed by atoms with Crippen molar-refractivity contribution in [2.24, 2.45) is 5.92 Å². The lowest BCUT2D eigenvalue weighted by Crippen LogP contribution is -2.43. The maximum Gasteiger partial charge on any atom is 0.235 e. The molecule has 0 aromatic carbocycles. The first-order chi connectivity index (χ1) is 7.59. The summed E-state index contributed by atoms with van der Waals surface area (Å²) in [5, 5.41) is 0. The van der Waals surface area contributed by atoms with Gasteiger partial charge in [0.2, 0.25) is 11.8 Å². The zero-order valence-electron chi connectivity index (χ0n) is 8.81. The predicted octanol–water partition coefficient (Wildman–Crippen LogP) is 2.13. The van der Waals surface area contributed by atoms with Crippen LogP contribution in [0.2, 0.25) is 0 Å². The van der Waals surface area contributed by atoms with Crippen molar-refractivity contribution in [1.29, 1.82) is 0 Å². The highest BCUT2D eigenvalue weighted by Gasteiger charge is 2.33. The van der Waals surface area contributed by atoms with Crippen LogP contribution in [0.3, 0.4) is 0 Å².